The lowest BCUT2D eigenvalue weighted by atomic mass is 10.2. The zero-order valence-corrected chi connectivity index (χ0v) is 16.3. The number of methoxy groups -OCH3 is 1. The van der Waals surface area contributed by atoms with E-state index >= 15 is 0 Å². The van der Waals surface area contributed by atoms with Gasteiger partial charge in [-0.2, -0.15) is 4.31 Å². The molecule has 0 saturated carbocycles. The van der Waals surface area contributed by atoms with E-state index in [2.05, 4.69) is 5.32 Å². The van der Waals surface area contributed by atoms with Crippen LogP contribution in [0.3, 0.4) is 0 Å². The molecule has 2 rings (SSSR count). The van der Waals surface area contributed by atoms with E-state index in [0.717, 1.165) is 0 Å². The van der Waals surface area contributed by atoms with Crippen molar-refractivity contribution in [2.45, 2.75) is 6.92 Å². The molecule has 1 aromatic rings. The number of nitrogens with zero attached hydrogens (tertiary/aromatic N) is 2. The van der Waals surface area contributed by atoms with Gasteiger partial charge in [-0.15, -0.1) is 0 Å². The van der Waals surface area contributed by atoms with Gasteiger partial charge in [0.25, 0.3) is 5.91 Å². The van der Waals surface area contributed by atoms with Crippen molar-refractivity contribution in [1.82, 2.24) is 14.5 Å². The minimum Gasteiger partial charge on any atom is -0.496 e. The van der Waals surface area contributed by atoms with Crippen LogP contribution >= 0.6 is 0 Å². The fourth-order valence-corrected chi connectivity index (χ4v) is 4.05. The summed E-state index contributed by atoms with van der Waals surface area (Å²) in [5.74, 6) is -0.185. The Hall–Kier alpha value is -2.33. The number of benzene rings is 1. The Labute approximate surface area is 159 Å². The van der Waals surface area contributed by atoms with Gasteiger partial charge in [0.15, 0.2) is 0 Å². The van der Waals surface area contributed by atoms with Crippen LogP contribution in [0.5, 0.6) is 5.75 Å². The number of carbonyl (C=O) groups excluding carboxylic acids is 2. The maximum Gasteiger partial charge on any atom is 0.409 e. The summed E-state index contributed by atoms with van der Waals surface area (Å²) < 4.78 is 36.3. The summed E-state index contributed by atoms with van der Waals surface area (Å²) in [6, 6.07) is 6.72. The molecule has 0 spiro atoms. The second-order valence-electron chi connectivity index (χ2n) is 5.86. The first-order valence-corrected chi connectivity index (χ1v) is 10.3. The van der Waals surface area contributed by atoms with Crippen molar-refractivity contribution in [1.29, 1.82) is 0 Å². The summed E-state index contributed by atoms with van der Waals surface area (Å²) in [4.78, 5) is 25.4. The number of para-hydroxylation sites is 1. The monoisotopic (exact) mass is 399 g/mol. The molecular weight excluding hydrogens is 374 g/mol. The minimum absolute atomic E-state index is 0.0166. The molecule has 0 atom stereocenters. The quantitative estimate of drug-likeness (QED) is 0.717. The highest BCUT2D eigenvalue weighted by Gasteiger charge is 2.29. The van der Waals surface area contributed by atoms with Crippen LogP contribution in [0.25, 0.3) is 0 Å². The van der Waals surface area contributed by atoms with E-state index in [1.54, 1.807) is 31.2 Å². The van der Waals surface area contributed by atoms with E-state index in [1.807, 2.05) is 0 Å². The number of hydrogen-bond acceptors (Lipinski definition) is 6. The number of amides is 2. The third-order valence-electron chi connectivity index (χ3n) is 4.16. The predicted molar refractivity (Wildman–Crippen MR) is 99.3 cm³/mol. The maximum atomic E-state index is 12.4. The summed E-state index contributed by atoms with van der Waals surface area (Å²) >= 11 is 0. The van der Waals surface area contributed by atoms with Gasteiger partial charge in [-0.1, -0.05) is 12.1 Å². The lowest BCUT2D eigenvalue weighted by Crippen LogP contribution is -2.51. The van der Waals surface area contributed by atoms with Gasteiger partial charge in [0, 0.05) is 32.7 Å². The molecule has 1 saturated heterocycles. The lowest BCUT2D eigenvalue weighted by molar-refractivity contribution is 0.0928. The van der Waals surface area contributed by atoms with Crippen molar-refractivity contribution in [2.75, 3.05) is 52.2 Å². The van der Waals surface area contributed by atoms with E-state index in [4.69, 9.17) is 9.47 Å². The molecule has 1 aliphatic rings. The molecule has 10 heteroatoms. The van der Waals surface area contributed by atoms with Crippen molar-refractivity contribution < 1.29 is 27.5 Å². The number of hydrogen-bond donors (Lipinski definition) is 1. The predicted octanol–water partition coefficient (Wildman–Crippen LogP) is 0.529. The van der Waals surface area contributed by atoms with E-state index in [9.17, 15) is 18.0 Å². The molecule has 150 valence electrons. The Bertz CT molecular complexity index is 760. The van der Waals surface area contributed by atoms with Gasteiger partial charge in [-0.3, -0.25) is 4.79 Å². The average Bonchev–Trinajstić information content (AvgIpc) is 2.68. The molecule has 1 aromatic carbocycles. The molecule has 1 N–H and O–H groups in total. The molecule has 1 fully saturated rings. The van der Waals surface area contributed by atoms with Crippen molar-refractivity contribution in [3.8, 4) is 5.75 Å². The van der Waals surface area contributed by atoms with E-state index in [0.29, 0.717) is 11.3 Å². The maximum absolute atomic E-state index is 12.4. The molecule has 9 nitrogen and oxygen atoms in total. The molecule has 0 aromatic heterocycles. The van der Waals surface area contributed by atoms with Crippen molar-refractivity contribution >= 4 is 22.0 Å². The molecule has 1 heterocycles. The summed E-state index contributed by atoms with van der Waals surface area (Å²) in [7, 11) is -2.06. The van der Waals surface area contributed by atoms with E-state index in [-0.39, 0.29) is 45.1 Å². The Morgan fingerprint density at radius 2 is 1.81 bits per heavy atom. The second kappa shape index (κ2) is 9.56. The van der Waals surface area contributed by atoms with Crippen LogP contribution in [0.2, 0.25) is 0 Å². The third-order valence-corrected chi connectivity index (χ3v) is 6.03. The molecular formula is C17H25N3O6S. The Morgan fingerprint density at radius 1 is 1.15 bits per heavy atom. The number of nitrogens with one attached hydrogen (secondary N) is 1. The summed E-state index contributed by atoms with van der Waals surface area (Å²) in [6.07, 6.45) is -0.432. The third kappa shape index (κ3) is 5.57. The summed E-state index contributed by atoms with van der Waals surface area (Å²) in [5, 5.41) is 2.60. The second-order valence-corrected chi connectivity index (χ2v) is 7.95. The zero-order chi connectivity index (χ0) is 19.9. The van der Waals surface area contributed by atoms with Crippen LogP contribution < -0.4 is 10.1 Å². The average molecular weight is 399 g/mol. The number of ether oxygens (including phenoxy) is 2. The van der Waals surface area contributed by atoms with Gasteiger partial charge in [-0.05, 0) is 19.1 Å². The number of carbonyl (C=O) groups is 2. The number of rotatable bonds is 7. The molecule has 0 radical (unpaired) electrons. The number of sulfonamides is 1. The van der Waals surface area contributed by atoms with E-state index in [1.165, 1.54) is 16.3 Å². The first-order valence-electron chi connectivity index (χ1n) is 8.69. The van der Waals surface area contributed by atoms with Crippen LogP contribution in [0.1, 0.15) is 17.3 Å². The number of piperazine rings is 1. The van der Waals surface area contributed by atoms with Crippen LogP contribution in [-0.4, -0.2) is 81.8 Å². The zero-order valence-electron chi connectivity index (χ0n) is 15.5. The summed E-state index contributed by atoms with van der Waals surface area (Å²) in [5.41, 5.74) is 0.348. The fourth-order valence-electron chi connectivity index (χ4n) is 2.71. The highest BCUT2D eigenvalue weighted by molar-refractivity contribution is 7.89. The van der Waals surface area contributed by atoms with Gasteiger partial charge >= 0.3 is 6.09 Å². The SMILES string of the molecule is CCOC(=O)N1CCN(S(=O)(=O)CCNC(=O)c2ccccc2OC)CC1. The van der Waals surface area contributed by atoms with Gasteiger partial charge in [0.1, 0.15) is 5.75 Å². The standard InChI is InChI=1S/C17H25N3O6S/c1-3-26-17(22)19-9-11-20(12-10-19)27(23,24)13-8-18-16(21)14-6-4-5-7-15(14)25-2/h4-7H,3,8-13H2,1-2H3,(H,18,21). The normalized spacial score (nSPS) is 15.3. The molecule has 27 heavy (non-hydrogen) atoms. The van der Waals surface area contributed by atoms with Gasteiger partial charge in [-0.25, -0.2) is 13.2 Å². The topological polar surface area (TPSA) is 105 Å². The van der Waals surface area contributed by atoms with E-state index < -0.39 is 22.0 Å². The van der Waals surface area contributed by atoms with Crippen molar-refractivity contribution in [2.24, 2.45) is 0 Å². The first-order chi connectivity index (χ1) is 12.9. The fraction of sp³-hybridized carbons (Fsp3) is 0.529. The molecule has 1 aliphatic heterocycles. The molecule has 2 amide bonds. The van der Waals surface area contributed by atoms with Crippen LogP contribution in [0.15, 0.2) is 24.3 Å². The van der Waals surface area contributed by atoms with Crippen LogP contribution in [-0.2, 0) is 14.8 Å². The minimum atomic E-state index is -3.53. The molecule has 0 bridgehead atoms. The smallest absolute Gasteiger partial charge is 0.409 e. The lowest BCUT2D eigenvalue weighted by Gasteiger charge is -2.33. The largest absolute Gasteiger partial charge is 0.496 e. The van der Waals surface area contributed by atoms with Gasteiger partial charge in [0.2, 0.25) is 10.0 Å². The van der Waals surface area contributed by atoms with Crippen molar-refractivity contribution in [3.05, 3.63) is 29.8 Å². The van der Waals surface area contributed by atoms with Crippen LogP contribution in [0.4, 0.5) is 4.79 Å². The first kappa shape index (κ1) is 21.0. The molecule has 0 aliphatic carbocycles. The molecule has 0 unspecified atom stereocenters. The van der Waals surface area contributed by atoms with Crippen molar-refractivity contribution in [3.63, 3.8) is 0 Å². The van der Waals surface area contributed by atoms with Gasteiger partial charge < -0.3 is 19.7 Å². The highest BCUT2D eigenvalue weighted by Crippen LogP contribution is 2.16. The Balaban J connectivity index is 1.83. The highest BCUT2D eigenvalue weighted by atomic mass is 32.2. The van der Waals surface area contributed by atoms with Crippen LogP contribution in [0, 0.1) is 0 Å². The van der Waals surface area contributed by atoms with Gasteiger partial charge in [0.05, 0.1) is 25.0 Å². The summed E-state index contributed by atoms with van der Waals surface area (Å²) in [6.45, 7) is 2.97. The Morgan fingerprint density at radius 3 is 2.44 bits per heavy atom. The Kier molecular flexibility index (Phi) is 7.43.